The molecule has 4 nitrogen and oxygen atoms in total. The monoisotopic (exact) mass is 350 g/mol. The molecule has 0 radical (unpaired) electrons. The van der Waals surface area contributed by atoms with Crippen LogP contribution in [0, 0.1) is 6.92 Å². The van der Waals surface area contributed by atoms with E-state index in [0.717, 1.165) is 27.8 Å². The van der Waals surface area contributed by atoms with Crippen LogP contribution in [0.3, 0.4) is 0 Å². The zero-order valence-corrected chi connectivity index (χ0v) is 13.7. The highest BCUT2D eigenvalue weighted by Crippen LogP contribution is 2.14. The van der Waals surface area contributed by atoms with Crippen LogP contribution in [-0.4, -0.2) is 35.1 Å². The zero-order chi connectivity index (χ0) is 14.9. The first-order valence-corrected chi connectivity index (χ1v) is 8.01. The first-order valence-electron chi connectivity index (χ1n) is 6.89. The van der Waals surface area contributed by atoms with Crippen LogP contribution < -0.4 is 0 Å². The first-order chi connectivity index (χ1) is 10.3. The maximum absolute atomic E-state index is 5.53. The quantitative estimate of drug-likeness (QED) is 0.540. The van der Waals surface area contributed by atoms with Gasteiger partial charge in [0.05, 0.1) is 37.8 Å². The van der Waals surface area contributed by atoms with E-state index >= 15 is 0 Å². The molecule has 0 spiro atoms. The van der Waals surface area contributed by atoms with E-state index in [0.29, 0.717) is 26.4 Å². The fourth-order valence-corrected chi connectivity index (χ4v) is 1.97. The fraction of sp³-hybridized carbons (Fsp3) is 0.375. The molecule has 2 heterocycles. The van der Waals surface area contributed by atoms with Gasteiger partial charge in [-0.1, -0.05) is 28.1 Å². The number of nitrogens with zero attached hydrogens (tertiary/aromatic N) is 2. The third-order valence-corrected chi connectivity index (χ3v) is 3.18. The van der Waals surface area contributed by atoms with Gasteiger partial charge in [0.1, 0.15) is 0 Å². The minimum absolute atomic E-state index is 0.548. The Hall–Kier alpha value is -1.30. The Bertz CT molecular complexity index is 529. The summed E-state index contributed by atoms with van der Waals surface area (Å²) in [5.74, 6) is 0. The highest BCUT2D eigenvalue weighted by Gasteiger charge is 2.01. The summed E-state index contributed by atoms with van der Waals surface area (Å²) < 4.78 is 10.8. The van der Waals surface area contributed by atoms with Gasteiger partial charge in [-0.15, -0.1) is 0 Å². The average Bonchev–Trinajstić information content (AvgIpc) is 2.52. The van der Waals surface area contributed by atoms with E-state index in [1.54, 1.807) is 0 Å². The number of pyridine rings is 2. The second-order valence-electron chi connectivity index (χ2n) is 4.63. The standard InChI is InChI=1S/C16H19BrN2O2/c1-13-2-4-15(18-10-13)16-5-3-14(11-19-16)12-21-9-8-20-7-6-17/h2-5,10-11H,6-9,12H2,1H3. The van der Waals surface area contributed by atoms with E-state index in [9.17, 15) is 0 Å². The lowest BCUT2D eigenvalue weighted by molar-refractivity contribution is 0.0463. The Morgan fingerprint density at radius 2 is 1.62 bits per heavy atom. The smallest absolute Gasteiger partial charge is 0.0886 e. The van der Waals surface area contributed by atoms with Gasteiger partial charge in [0.15, 0.2) is 0 Å². The molecule has 0 fully saturated rings. The van der Waals surface area contributed by atoms with Crippen molar-refractivity contribution in [3.63, 3.8) is 0 Å². The summed E-state index contributed by atoms with van der Waals surface area (Å²) in [4.78, 5) is 8.80. The van der Waals surface area contributed by atoms with Crippen LogP contribution in [0.25, 0.3) is 11.4 Å². The summed E-state index contributed by atoms with van der Waals surface area (Å²) in [6.07, 6.45) is 3.68. The normalized spacial score (nSPS) is 10.8. The SMILES string of the molecule is Cc1ccc(-c2ccc(COCCOCCBr)cn2)nc1. The minimum atomic E-state index is 0.548. The third kappa shape index (κ3) is 5.53. The second-order valence-corrected chi connectivity index (χ2v) is 5.42. The summed E-state index contributed by atoms with van der Waals surface area (Å²) in [6.45, 7) is 4.49. The predicted molar refractivity (Wildman–Crippen MR) is 86.5 cm³/mol. The van der Waals surface area contributed by atoms with Crippen molar-refractivity contribution >= 4 is 15.9 Å². The summed E-state index contributed by atoms with van der Waals surface area (Å²) in [7, 11) is 0. The van der Waals surface area contributed by atoms with Gasteiger partial charge in [0.2, 0.25) is 0 Å². The number of hydrogen-bond acceptors (Lipinski definition) is 4. The second kappa shape index (κ2) is 8.87. The number of hydrogen-bond donors (Lipinski definition) is 0. The topological polar surface area (TPSA) is 44.2 Å². The number of aromatic nitrogens is 2. The lowest BCUT2D eigenvalue weighted by Crippen LogP contribution is -2.05. The predicted octanol–water partition coefficient (Wildman–Crippen LogP) is 3.38. The van der Waals surface area contributed by atoms with Gasteiger partial charge < -0.3 is 9.47 Å². The molecule has 112 valence electrons. The number of halogens is 1. The Labute approximate surface area is 133 Å². The lowest BCUT2D eigenvalue weighted by Gasteiger charge is -2.06. The molecule has 0 saturated heterocycles. The van der Waals surface area contributed by atoms with Crippen molar-refractivity contribution in [3.8, 4) is 11.4 Å². The van der Waals surface area contributed by atoms with Gasteiger partial charge >= 0.3 is 0 Å². The molecule has 0 N–H and O–H groups in total. The van der Waals surface area contributed by atoms with Crippen molar-refractivity contribution in [3.05, 3.63) is 47.8 Å². The zero-order valence-electron chi connectivity index (χ0n) is 12.1. The molecule has 0 bridgehead atoms. The summed E-state index contributed by atoms with van der Waals surface area (Å²) in [5, 5.41) is 0.853. The van der Waals surface area contributed by atoms with Crippen LogP contribution in [0.4, 0.5) is 0 Å². The van der Waals surface area contributed by atoms with Crippen molar-refractivity contribution in [2.24, 2.45) is 0 Å². The van der Waals surface area contributed by atoms with Gasteiger partial charge in [0, 0.05) is 17.7 Å². The number of ether oxygens (including phenoxy) is 2. The van der Waals surface area contributed by atoms with Crippen LogP contribution in [0.15, 0.2) is 36.7 Å². The van der Waals surface area contributed by atoms with Gasteiger partial charge in [-0.25, -0.2) is 0 Å². The molecular weight excluding hydrogens is 332 g/mol. The van der Waals surface area contributed by atoms with Gasteiger partial charge in [-0.3, -0.25) is 9.97 Å². The van der Waals surface area contributed by atoms with Crippen molar-refractivity contribution in [1.82, 2.24) is 9.97 Å². The molecule has 0 aromatic carbocycles. The first kappa shape index (κ1) is 16.1. The highest BCUT2D eigenvalue weighted by atomic mass is 79.9. The Balaban J connectivity index is 1.80. The van der Waals surface area contributed by atoms with E-state index in [-0.39, 0.29) is 0 Å². The molecule has 5 heteroatoms. The Morgan fingerprint density at radius 1 is 0.905 bits per heavy atom. The minimum Gasteiger partial charge on any atom is -0.378 e. The van der Waals surface area contributed by atoms with Crippen molar-refractivity contribution < 1.29 is 9.47 Å². The molecule has 0 atom stereocenters. The maximum atomic E-state index is 5.53. The molecule has 0 saturated carbocycles. The number of aryl methyl sites for hydroxylation is 1. The summed E-state index contributed by atoms with van der Waals surface area (Å²) in [6, 6.07) is 8.00. The van der Waals surface area contributed by atoms with Gasteiger partial charge in [-0.05, 0) is 30.2 Å². The van der Waals surface area contributed by atoms with E-state index in [1.807, 2.05) is 43.6 Å². The number of rotatable bonds is 8. The molecular formula is C16H19BrN2O2. The van der Waals surface area contributed by atoms with E-state index in [1.165, 1.54) is 0 Å². The highest BCUT2D eigenvalue weighted by molar-refractivity contribution is 9.09. The van der Waals surface area contributed by atoms with Crippen LogP contribution in [-0.2, 0) is 16.1 Å². The van der Waals surface area contributed by atoms with Crippen LogP contribution in [0.2, 0.25) is 0 Å². The van der Waals surface area contributed by atoms with E-state index < -0.39 is 0 Å². The van der Waals surface area contributed by atoms with Gasteiger partial charge in [-0.2, -0.15) is 0 Å². The molecule has 0 aliphatic heterocycles. The molecule has 0 amide bonds. The average molecular weight is 351 g/mol. The van der Waals surface area contributed by atoms with E-state index in [4.69, 9.17) is 9.47 Å². The maximum Gasteiger partial charge on any atom is 0.0886 e. The van der Waals surface area contributed by atoms with Crippen molar-refractivity contribution in [2.45, 2.75) is 13.5 Å². The molecule has 0 aliphatic rings. The summed E-state index contributed by atoms with van der Waals surface area (Å²) in [5.41, 5.74) is 3.95. The Kier molecular flexibility index (Phi) is 6.79. The molecule has 2 rings (SSSR count). The molecule has 2 aromatic heterocycles. The van der Waals surface area contributed by atoms with Crippen molar-refractivity contribution in [2.75, 3.05) is 25.2 Å². The van der Waals surface area contributed by atoms with Crippen LogP contribution in [0.5, 0.6) is 0 Å². The van der Waals surface area contributed by atoms with Crippen LogP contribution in [0.1, 0.15) is 11.1 Å². The van der Waals surface area contributed by atoms with Crippen LogP contribution >= 0.6 is 15.9 Å². The number of alkyl halides is 1. The van der Waals surface area contributed by atoms with E-state index in [2.05, 4.69) is 25.9 Å². The van der Waals surface area contributed by atoms with Gasteiger partial charge in [0.25, 0.3) is 0 Å². The molecule has 2 aromatic rings. The largest absolute Gasteiger partial charge is 0.378 e. The van der Waals surface area contributed by atoms with Crippen molar-refractivity contribution in [1.29, 1.82) is 0 Å². The lowest BCUT2D eigenvalue weighted by atomic mass is 10.2. The molecule has 0 aliphatic carbocycles. The molecule has 0 unspecified atom stereocenters. The Morgan fingerprint density at radius 3 is 2.24 bits per heavy atom. The third-order valence-electron chi connectivity index (χ3n) is 2.86. The fourth-order valence-electron chi connectivity index (χ4n) is 1.75. The summed E-state index contributed by atoms with van der Waals surface area (Å²) >= 11 is 3.31. The molecule has 21 heavy (non-hydrogen) atoms.